The molecule has 1 aliphatic heterocycles. The van der Waals surface area contributed by atoms with Crippen molar-refractivity contribution < 1.29 is 9.53 Å². The molecule has 0 aromatic rings. The molecule has 94 valence electrons. The molecular formula is C11H23N3O2. The van der Waals surface area contributed by atoms with E-state index in [0.29, 0.717) is 19.7 Å². The Morgan fingerprint density at radius 3 is 2.88 bits per heavy atom. The summed E-state index contributed by atoms with van der Waals surface area (Å²) in [6.07, 6.45) is -0.351. The van der Waals surface area contributed by atoms with Gasteiger partial charge in [-0.1, -0.05) is 6.92 Å². The molecule has 1 atom stereocenters. The van der Waals surface area contributed by atoms with Gasteiger partial charge in [-0.25, -0.2) is 0 Å². The third-order valence-electron chi connectivity index (χ3n) is 2.61. The second-order valence-corrected chi connectivity index (χ2v) is 4.96. The van der Waals surface area contributed by atoms with Crippen LogP contribution in [0.4, 0.5) is 0 Å². The zero-order valence-electron chi connectivity index (χ0n) is 10.5. The molecule has 0 bridgehead atoms. The topological polar surface area (TPSA) is 67.6 Å². The van der Waals surface area contributed by atoms with Crippen molar-refractivity contribution in [2.24, 2.45) is 5.73 Å². The largest absolute Gasteiger partial charge is 0.366 e. The molecule has 0 radical (unpaired) electrons. The van der Waals surface area contributed by atoms with Crippen molar-refractivity contribution >= 4 is 5.91 Å². The standard InChI is InChI=1S/C11H23N3O2/c1-4-14-5-6-16-9(7-14)10(15)13-8-11(2,3)12/h9H,4-8,12H2,1-3H3,(H,13,15). The first-order valence-electron chi connectivity index (χ1n) is 5.83. The predicted octanol–water partition coefficient (Wildman–Crippen LogP) is -0.439. The minimum Gasteiger partial charge on any atom is -0.366 e. The highest BCUT2D eigenvalue weighted by Gasteiger charge is 2.26. The molecule has 16 heavy (non-hydrogen) atoms. The molecule has 0 saturated carbocycles. The van der Waals surface area contributed by atoms with E-state index in [0.717, 1.165) is 13.1 Å². The van der Waals surface area contributed by atoms with E-state index in [2.05, 4.69) is 17.1 Å². The Labute approximate surface area is 97.3 Å². The van der Waals surface area contributed by atoms with Crippen LogP contribution in [0, 0.1) is 0 Å². The lowest BCUT2D eigenvalue weighted by Gasteiger charge is -2.31. The predicted molar refractivity (Wildman–Crippen MR) is 63.1 cm³/mol. The van der Waals surface area contributed by atoms with E-state index in [1.54, 1.807) is 0 Å². The number of rotatable bonds is 4. The minimum atomic E-state index is -0.380. The number of likely N-dealkylation sites (N-methyl/N-ethyl adjacent to an activating group) is 1. The van der Waals surface area contributed by atoms with Gasteiger partial charge >= 0.3 is 0 Å². The van der Waals surface area contributed by atoms with Crippen LogP contribution in [-0.4, -0.2) is 55.2 Å². The summed E-state index contributed by atoms with van der Waals surface area (Å²) in [6.45, 7) is 9.48. The summed E-state index contributed by atoms with van der Waals surface area (Å²) >= 11 is 0. The Morgan fingerprint density at radius 2 is 2.31 bits per heavy atom. The summed E-state index contributed by atoms with van der Waals surface area (Å²) in [5.41, 5.74) is 5.42. The van der Waals surface area contributed by atoms with Crippen LogP contribution < -0.4 is 11.1 Å². The Morgan fingerprint density at radius 1 is 1.62 bits per heavy atom. The van der Waals surface area contributed by atoms with Crippen molar-refractivity contribution in [3.63, 3.8) is 0 Å². The molecule has 3 N–H and O–H groups in total. The molecule has 1 amide bonds. The third kappa shape index (κ3) is 4.47. The molecule has 1 heterocycles. The van der Waals surface area contributed by atoms with Gasteiger partial charge in [0, 0.05) is 25.2 Å². The maximum absolute atomic E-state index is 11.8. The molecule has 5 nitrogen and oxygen atoms in total. The SMILES string of the molecule is CCN1CCOC(C(=O)NCC(C)(C)N)C1. The van der Waals surface area contributed by atoms with Crippen LogP contribution >= 0.6 is 0 Å². The number of ether oxygens (including phenoxy) is 1. The minimum absolute atomic E-state index is 0.0586. The molecule has 1 fully saturated rings. The molecule has 5 heteroatoms. The van der Waals surface area contributed by atoms with Gasteiger partial charge in [0.15, 0.2) is 0 Å². The van der Waals surface area contributed by atoms with Crippen molar-refractivity contribution in [3.05, 3.63) is 0 Å². The fourth-order valence-electron chi connectivity index (χ4n) is 1.58. The number of nitrogens with two attached hydrogens (primary N) is 1. The first kappa shape index (κ1) is 13.4. The highest BCUT2D eigenvalue weighted by molar-refractivity contribution is 5.81. The van der Waals surface area contributed by atoms with Gasteiger partial charge in [-0.15, -0.1) is 0 Å². The third-order valence-corrected chi connectivity index (χ3v) is 2.61. The summed E-state index contributed by atoms with van der Waals surface area (Å²) in [7, 11) is 0. The number of amides is 1. The van der Waals surface area contributed by atoms with Crippen LogP contribution in [0.2, 0.25) is 0 Å². The van der Waals surface area contributed by atoms with Crippen molar-refractivity contribution in [2.75, 3.05) is 32.8 Å². The van der Waals surface area contributed by atoms with Crippen LogP contribution in [0.3, 0.4) is 0 Å². The van der Waals surface area contributed by atoms with E-state index in [4.69, 9.17) is 10.5 Å². The van der Waals surface area contributed by atoms with E-state index < -0.39 is 0 Å². The summed E-state index contributed by atoms with van der Waals surface area (Å²) in [6, 6.07) is 0. The first-order valence-corrected chi connectivity index (χ1v) is 5.83. The second-order valence-electron chi connectivity index (χ2n) is 4.96. The van der Waals surface area contributed by atoms with Crippen LogP contribution in [0.5, 0.6) is 0 Å². The van der Waals surface area contributed by atoms with Gasteiger partial charge in [-0.2, -0.15) is 0 Å². The second kappa shape index (κ2) is 5.61. The lowest BCUT2D eigenvalue weighted by atomic mass is 10.1. The Bertz CT molecular complexity index is 238. The summed E-state index contributed by atoms with van der Waals surface area (Å²) < 4.78 is 5.44. The van der Waals surface area contributed by atoms with E-state index in [1.165, 1.54) is 0 Å². The van der Waals surface area contributed by atoms with Crippen molar-refractivity contribution in [3.8, 4) is 0 Å². The fourth-order valence-corrected chi connectivity index (χ4v) is 1.58. The molecule has 1 aliphatic rings. The maximum atomic E-state index is 11.8. The van der Waals surface area contributed by atoms with Crippen molar-refractivity contribution in [1.29, 1.82) is 0 Å². The monoisotopic (exact) mass is 229 g/mol. The molecule has 1 unspecified atom stereocenters. The Balaban J connectivity index is 2.36. The summed E-state index contributed by atoms with van der Waals surface area (Å²) in [5, 5.41) is 2.82. The van der Waals surface area contributed by atoms with E-state index in [-0.39, 0.29) is 17.6 Å². The average molecular weight is 229 g/mol. The zero-order chi connectivity index (χ0) is 12.2. The van der Waals surface area contributed by atoms with E-state index >= 15 is 0 Å². The number of nitrogens with one attached hydrogen (secondary N) is 1. The van der Waals surface area contributed by atoms with Gasteiger partial charge in [0.1, 0.15) is 6.10 Å². The van der Waals surface area contributed by atoms with Crippen molar-refractivity contribution in [1.82, 2.24) is 10.2 Å². The maximum Gasteiger partial charge on any atom is 0.250 e. The van der Waals surface area contributed by atoms with Gasteiger partial charge in [-0.3, -0.25) is 9.69 Å². The molecule has 0 aromatic carbocycles. The first-order chi connectivity index (χ1) is 7.42. The van der Waals surface area contributed by atoms with Gasteiger partial charge in [0.05, 0.1) is 6.61 Å². The van der Waals surface area contributed by atoms with Gasteiger partial charge in [0.25, 0.3) is 5.91 Å². The molecule has 1 rings (SSSR count). The average Bonchev–Trinajstić information content (AvgIpc) is 2.25. The number of morpholine rings is 1. The lowest BCUT2D eigenvalue weighted by Crippen LogP contribution is -2.53. The lowest BCUT2D eigenvalue weighted by molar-refractivity contribution is -0.138. The van der Waals surface area contributed by atoms with Crippen LogP contribution in [0.15, 0.2) is 0 Å². The highest BCUT2D eigenvalue weighted by Crippen LogP contribution is 2.05. The van der Waals surface area contributed by atoms with Crippen LogP contribution in [0.25, 0.3) is 0 Å². The molecule has 0 aromatic heterocycles. The summed E-state index contributed by atoms with van der Waals surface area (Å²) in [4.78, 5) is 14.0. The Kier molecular flexibility index (Phi) is 4.70. The smallest absolute Gasteiger partial charge is 0.250 e. The number of nitrogens with zero attached hydrogens (tertiary/aromatic N) is 1. The molecule has 0 aliphatic carbocycles. The fraction of sp³-hybridized carbons (Fsp3) is 0.909. The van der Waals surface area contributed by atoms with E-state index in [1.807, 2.05) is 13.8 Å². The highest BCUT2D eigenvalue weighted by atomic mass is 16.5. The van der Waals surface area contributed by atoms with Crippen LogP contribution in [-0.2, 0) is 9.53 Å². The number of carbonyl (C=O) groups is 1. The van der Waals surface area contributed by atoms with E-state index in [9.17, 15) is 4.79 Å². The van der Waals surface area contributed by atoms with Gasteiger partial charge in [0.2, 0.25) is 0 Å². The Hall–Kier alpha value is -0.650. The van der Waals surface area contributed by atoms with Crippen LogP contribution in [0.1, 0.15) is 20.8 Å². The summed E-state index contributed by atoms with van der Waals surface area (Å²) in [5.74, 6) is -0.0586. The van der Waals surface area contributed by atoms with Crippen molar-refractivity contribution in [2.45, 2.75) is 32.4 Å². The van der Waals surface area contributed by atoms with Gasteiger partial charge < -0.3 is 15.8 Å². The zero-order valence-corrected chi connectivity index (χ0v) is 10.5. The normalized spacial score (nSPS) is 23.1. The van der Waals surface area contributed by atoms with Gasteiger partial charge in [-0.05, 0) is 20.4 Å². The molecule has 1 saturated heterocycles. The number of hydrogen-bond acceptors (Lipinski definition) is 4. The quantitative estimate of drug-likeness (QED) is 0.686. The molecular weight excluding hydrogens is 206 g/mol. The number of hydrogen-bond donors (Lipinski definition) is 2. The number of carbonyl (C=O) groups excluding carboxylic acids is 1. The molecule has 0 spiro atoms.